The second-order valence-corrected chi connectivity index (χ2v) is 4.76. The van der Waals surface area contributed by atoms with Gasteiger partial charge in [-0.15, -0.1) is 10.2 Å². The zero-order valence-electron chi connectivity index (χ0n) is 11.4. The molecule has 6 nitrogen and oxygen atoms in total. The minimum Gasteiger partial charge on any atom is -0.285 e. The van der Waals surface area contributed by atoms with Crippen molar-refractivity contribution in [3.05, 3.63) is 54.9 Å². The molecule has 0 aliphatic heterocycles. The lowest BCUT2D eigenvalue weighted by Gasteiger charge is -2.10. The number of H-pyrrole nitrogens is 1. The molecule has 0 saturated carbocycles. The van der Waals surface area contributed by atoms with Crippen molar-refractivity contribution in [2.45, 2.75) is 6.92 Å². The van der Waals surface area contributed by atoms with Gasteiger partial charge < -0.3 is 0 Å². The Labute approximate surface area is 120 Å². The highest BCUT2D eigenvalue weighted by Gasteiger charge is 2.17. The van der Waals surface area contributed by atoms with Gasteiger partial charge in [-0.1, -0.05) is 30.3 Å². The number of hydrogen-bond donors (Lipinski definition) is 1. The molecule has 0 saturated heterocycles. The van der Waals surface area contributed by atoms with E-state index in [1.54, 1.807) is 12.5 Å². The number of aryl methyl sites for hydroxylation is 1. The summed E-state index contributed by atoms with van der Waals surface area (Å²) in [5.41, 5.74) is 4.58. The summed E-state index contributed by atoms with van der Waals surface area (Å²) in [5.74, 6) is 0.848. The summed E-state index contributed by atoms with van der Waals surface area (Å²) in [6.07, 6.45) is 5.29. The third-order valence-corrected chi connectivity index (χ3v) is 3.46. The maximum Gasteiger partial charge on any atom is 0.172 e. The molecule has 4 aromatic rings. The third-order valence-electron chi connectivity index (χ3n) is 3.46. The van der Waals surface area contributed by atoms with Crippen LogP contribution in [0, 0.1) is 6.92 Å². The van der Waals surface area contributed by atoms with Crippen LogP contribution in [0.2, 0.25) is 0 Å². The van der Waals surface area contributed by atoms with Crippen LogP contribution in [-0.4, -0.2) is 29.8 Å². The molecule has 102 valence electrons. The van der Waals surface area contributed by atoms with E-state index in [0.717, 1.165) is 33.9 Å². The van der Waals surface area contributed by atoms with Crippen LogP contribution >= 0.6 is 0 Å². The summed E-state index contributed by atoms with van der Waals surface area (Å²) in [6, 6.07) is 10.1. The fourth-order valence-corrected chi connectivity index (χ4v) is 2.48. The van der Waals surface area contributed by atoms with E-state index in [1.165, 1.54) is 0 Å². The predicted octanol–water partition coefficient (Wildman–Crippen LogP) is 2.49. The van der Waals surface area contributed by atoms with Crippen molar-refractivity contribution in [1.82, 2.24) is 29.8 Å². The van der Waals surface area contributed by atoms with Crippen LogP contribution in [0.1, 0.15) is 5.82 Å². The lowest BCUT2D eigenvalue weighted by Crippen LogP contribution is -2.00. The van der Waals surface area contributed by atoms with Crippen LogP contribution in [0.4, 0.5) is 0 Å². The van der Waals surface area contributed by atoms with E-state index < -0.39 is 0 Å². The predicted molar refractivity (Wildman–Crippen MR) is 78.5 cm³/mol. The molecular weight excluding hydrogens is 264 g/mol. The van der Waals surface area contributed by atoms with Gasteiger partial charge >= 0.3 is 0 Å². The van der Waals surface area contributed by atoms with E-state index in [9.17, 15) is 0 Å². The van der Waals surface area contributed by atoms with Crippen molar-refractivity contribution in [3.8, 4) is 22.4 Å². The van der Waals surface area contributed by atoms with E-state index in [-0.39, 0.29) is 0 Å². The standard InChI is InChI=1S/C15H12N6/c1-10-19-14(11-5-3-2-4-6-11)13(12-7-16-17-8-12)15-20-18-9-21(10)15/h2-9H,1H3,(H,16,17). The molecule has 1 N–H and O–H groups in total. The number of rotatable bonds is 2. The van der Waals surface area contributed by atoms with Crippen LogP contribution in [0.15, 0.2) is 49.1 Å². The SMILES string of the molecule is Cc1nc(-c2ccccc2)c(-c2cn[nH]c2)c2nncn12. The highest BCUT2D eigenvalue weighted by atomic mass is 15.2. The van der Waals surface area contributed by atoms with Gasteiger partial charge in [0.2, 0.25) is 0 Å². The first kappa shape index (κ1) is 11.8. The second-order valence-electron chi connectivity index (χ2n) is 4.76. The Kier molecular flexibility index (Phi) is 2.53. The minimum atomic E-state index is 0.780. The molecule has 0 unspecified atom stereocenters. The van der Waals surface area contributed by atoms with Crippen LogP contribution in [0.3, 0.4) is 0 Å². The Hall–Kier alpha value is -3.02. The van der Waals surface area contributed by atoms with E-state index in [1.807, 2.05) is 47.9 Å². The van der Waals surface area contributed by atoms with Crippen LogP contribution in [0.5, 0.6) is 0 Å². The lowest BCUT2D eigenvalue weighted by atomic mass is 10.0. The van der Waals surface area contributed by atoms with Crippen molar-refractivity contribution >= 4 is 5.65 Å². The van der Waals surface area contributed by atoms with Crippen molar-refractivity contribution in [3.63, 3.8) is 0 Å². The molecule has 6 heteroatoms. The van der Waals surface area contributed by atoms with E-state index in [0.29, 0.717) is 0 Å². The zero-order valence-corrected chi connectivity index (χ0v) is 11.4. The number of aromatic amines is 1. The summed E-state index contributed by atoms with van der Waals surface area (Å²) < 4.78 is 1.88. The molecule has 3 heterocycles. The fraction of sp³-hybridized carbons (Fsp3) is 0.0667. The smallest absolute Gasteiger partial charge is 0.172 e. The summed E-state index contributed by atoms with van der Waals surface area (Å²) >= 11 is 0. The molecule has 1 aromatic carbocycles. The maximum atomic E-state index is 4.74. The first-order valence-electron chi connectivity index (χ1n) is 6.59. The van der Waals surface area contributed by atoms with Gasteiger partial charge in [0, 0.05) is 17.3 Å². The molecule has 0 aliphatic carbocycles. The van der Waals surface area contributed by atoms with Gasteiger partial charge in [-0.2, -0.15) is 5.10 Å². The molecular formula is C15H12N6. The Morgan fingerprint density at radius 3 is 2.71 bits per heavy atom. The molecule has 21 heavy (non-hydrogen) atoms. The average Bonchev–Trinajstić information content (AvgIpc) is 3.19. The number of nitrogens with zero attached hydrogens (tertiary/aromatic N) is 5. The molecule has 0 radical (unpaired) electrons. The number of aromatic nitrogens is 6. The topological polar surface area (TPSA) is 71.8 Å². The highest BCUT2D eigenvalue weighted by molar-refractivity contribution is 5.89. The zero-order chi connectivity index (χ0) is 14.2. The van der Waals surface area contributed by atoms with Gasteiger partial charge in [-0.05, 0) is 6.92 Å². The normalized spacial score (nSPS) is 11.1. The molecule has 0 bridgehead atoms. The van der Waals surface area contributed by atoms with Gasteiger partial charge in [0.25, 0.3) is 0 Å². The molecule has 0 amide bonds. The van der Waals surface area contributed by atoms with E-state index in [4.69, 9.17) is 4.98 Å². The second kappa shape index (κ2) is 4.52. The number of nitrogens with one attached hydrogen (secondary N) is 1. The van der Waals surface area contributed by atoms with Gasteiger partial charge in [-0.3, -0.25) is 9.50 Å². The Morgan fingerprint density at radius 2 is 1.95 bits per heavy atom. The number of benzene rings is 1. The summed E-state index contributed by atoms with van der Waals surface area (Å²) in [7, 11) is 0. The highest BCUT2D eigenvalue weighted by Crippen LogP contribution is 2.33. The fourth-order valence-electron chi connectivity index (χ4n) is 2.48. The molecule has 3 aromatic heterocycles. The minimum absolute atomic E-state index is 0.780. The maximum absolute atomic E-state index is 4.74. The van der Waals surface area contributed by atoms with Crippen molar-refractivity contribution in [2.24, 2.45) is 0 Å². The number of hydrogen-bond acceptors (Lipinski definition) is 4. The monoisotopic (exact) mass is 276 g/mol. The molecule has 4 rings (SSSR count). The summed E-state index contributed by atoms with van der Waals surface area (Å²) in [6.45, 7) is 1.95. The van der Waals surface area contributed by atoms with Crippen molar-refractivity contribution in [1.29, 1.82) is 0 Å². The van der Waals surface area contributed by atoms with Crippen LogP contribution in [0.25, 0.3) is 28.0 Å². The summed E-state index contributed by atoms with van der Waals surface area (Å²) in [4.78, 5) is 4.74. The van der Waals surface area contributed by atoms with Gasteiger partial charge in [0.05, 0.1) is 17.5 Å². The molecule has 0 fully saturated rings. The van der Waals surface area contributed by atoms with Gasteiger partial charge in [0.1, 0.15) is 12.2 Å². The molecule has 0 spiro atoms. The Morgan fingerprint density at radius 1 is 1.10 bits per heavy atom. The van der Waals surface area contributed by atoms with E-state index >= 15 is 0 Å². The average molecular weight is 276 g/mol. The van der Waals surface area contributed by atoms with Crippen LogP contribution < -0.4 is 0 Å². The largest absolute Gasteiger partial charge is 0.285 e. The van der Waals surface area contributed by atoms with E-state index in [2.05, 4.69) is 20.4 Å². The summed E-state index contributed by atoms with van der Waals surface area (Å²) in [5, 5.41) is 15.1. The Bertz CT molecular complexity index is 893. The number of fused-ring (bicyclic) bond motifs is 1. The van der Waals surface area contributed by atoms with Crippen molar-refractivity contribution in [2.75, 3.05) is 0 Å². The molecule has 0 atom stereocenters. The van der Waals surface area contributed by atoms with Crippen LogP contribution in [-0.2, 0) is 0 Å². The molecule has 0 aliphatic rings. The first-order chi connectivity index (χ1) is 10.3. The lowest BCUT2D eigenvalue weighted by molar-refractivity contribution is 0.986. The van der Waals surface area contributed by atoms with Gasteiger partial charge in [-0.25, -0.2) is 4.98 Å². The first-order valence-corrected chi connectivity index (χ1v) is 6.59. The van der Waals surface area contributed by atoms with Crippen molar-refractivity contribution < 1.29 is 0 Å². The van der Waals surface area contributed by atoms with Gasteiger partial charge in [0.15, 0.2) is 5.65 Å². The quantitative estimate of drug-likeness (QED) is 0.610. The third kappa shape index (κ3) is 1.80. The Balaban J connectivity index is 2.12.